The fourth-order valence-electron chi connectivity index (χ4n) is 2.15. The highest BCUT2D eigenvalue weighted by molar-refractivity contribution is 7.89. The van der Waals surface area contributed by atoms with E-state index in [1.54, 1.807) is 0 Å². The van der Waals surface area contributed by atoms with E-state index in [1.165, 1.54) is 29.2 Å². The predicted octanol–water partition coefficient (Wildman–Crippen LogP) is 1.06. The number of hydrogen-bond acceptors (Lipinski definition) is 4. The number of benzene rings is 1. The highest BCUT2D eigenvalue weighted by atomic mass is 32.2. The van der Waals surface area contributed by atoms with E-state index in [9.17, 15) is 18.0 Å². The number of nitrogens with zero attached hydrogens (tertiary/aromatic N) is 1. The fraction of sp³-hybridized carbons (Fsp3) is 0.467. The molecule has 0 heterocycles. The first-order valence-corrected chi connectivity index (χ1v) is 8.95. The molecule has 0 atom stereocenters. The molecule has 0 saturated heterocycles. The lowest BCUT2D eigenvalue weighted by molar-refractivity contribution is -0.137. The van der Waals surface area contributed by atoms with Crippen LogP contribution in [0, 0.1) is 0 Å². The normalized spacial score (nSPS) is 14.5. The molecule has 2 N–H and O–H groups in total. The molecule has 126 valence electrons. The second-order valence-corrected chi connectivity index (χ2v) is 7.26. The Morgan fingerprint density at radius 3 is 2.61 bits per heavy atom. The third kappa shape index (κ3) is 4.77. The Bertz CT molecular complexity index is 698. The standard InChI is InChI=1S/C15H20N2O5S/c1-2-8-17(10-14(18)19)15(20)11-4-3-5-13(9-11)23(21,22)16-12-6-7-12/h3-5,9,12,16H,2,6-8,10H2,1H3,(H,18,19). The van der Waals surface area contributed by atoms with Crippen LogP contribution in [0.5, 0.6) is 0 Å². The molecule has 0 unspecified atom stereocenters. The van der Waals surface area contributed by atoms with Gasteiger partial charge in [-0.1, -0.05) is 13.0 Å². The molecule has 0 spiro atoms. The van der Waals surface area contributed by atoms with Gasteiger partial charge in [-0.25, -0.2) is 13.1 Å². The van der Waals surface area contributed by atoms with Gasteiger partial charge in [0, 0.05) is 18.2 Å². The summed E-state index contributed by atoms with van der Waals surface area (Å²) in [6.07, 6.45) is 2.25. The molecule has 2 rings (SSSR count). The molecule has 1 aromatic rings. The molecule has 8 heteroatoms. The highest BCUT2D eigenvalue weighted by Gasteiger charge is 2.28. The third-order valence-corrected chi connectivity index (χ3v) is 4.92. The molecule has 0 bridgehead atoms. The van der Waals surface area contributed by atoms with Gasteiger partial charge in [0.1, 0.15) is 6.54 Å². The summed E-state index contributed by atoms with van der Waals surface area (Å²) >= 11 is 0. The maximum Gasteiger partial charge on any atom is 0.323 e. The molecule has 0 radical (unpaired) electrons. The maximum absolute atomic E-state index is 12.4. The topological polar surface area (TPSA) is 104 Å². The Hall–Kier alpha value is -1.93. The first kappa shape index (κ1) is 17.4. The number of carboxylic acids is 1. The number of hydrogen-bond donors (Lipinski definition) is 2. The highest BCUT2D eigenvalue weighted by Crippen LogP contribution is 2.22. The van der Waals surface area contributed by atoms with E-state index in [4.69, 9.17) is 5.11 Å². The van der Waals surface area contributed by atoms with Crippen LogP contribution in [0.15, 0.2) is 29.2 Å². The van der Waals surface area contributed by atoms with Gasteiger partial charge >= 0.3 is 5.97 Å². The summed E-state index contributed by atoms with van der Waals surface area (Å²) in [6, 6.07) is 5.66. The van der Waals surface area contributed by atoms with Gasteiger partial charge in [-0.15, -0.1) is 0 Å². The number of rotatable bonds is 8. The minimum Gasteiger partial charge on any atom is -0.480 e. The molecular weight excluding hydrogens is 320 g/mol. The van der Waals surface area contributed by atoms with Crippen molar-refractivity contribution in [2.45, 2.75) is 37.1 Å². The summed E-state index contributed by atoms with van der Waals surface area (Å²) in [5.74, 6) is -1.59. The number of amides is 1. The molecule has 1 fully saturated rings. The predicted molar refractivity (Wildman–Crippen MR) is 83.6 cm³/mol. The number of aliphatic carboxylic acids is 1. The molecule has 1 aliphatic rings. The SMILES string of the molecule is CCCN(CC(=O)O)C(=O)c1cccc(S(=O)(=O)NC2CC2)c1. The van der Waals surface area contributed by atoms with Gasteiger partial charge in [0.15, 0.2) is 0 Å². The minimum atomic E-state index is -3.65. The zero-order chi connectivity index (χ0) is 17.0. The van der Waals surface area contributed by atoms with Crippen LogP contribution in [0.2, 0.25) is 0 Å². The quantitative estimate of drug-likeness (QED) is 0.736. The van der Waals surface area contributed by atoms with E-state index >= 15 is 0 Å². The minimum absolute atomic E-state index is 0.0158. The Morgan fingerprint density at radius 1 is 1.35 bits per heavy atom. The lowest BCUT2D eigenvalue weighted by Crippen LogP contribution is -2.36. The van der Waals surface area contributed by atoms with Crippen LogP contribution in [0.3, 0.4) is 0 Å². The van der Waals surface area contributed by atoms with Crippen LogP contribution in [0.4, 0.5) is 0 Å². The van der Waals surface area contributed by atoms with Gasteiger partial charge in [-0.05, 0) is 37.5 Å². The second kappa shape index (κ2) is 7.10. The third-order valence-electron chi connectivity index (χ3n) is 3.40. The first-order chi connectivity index (χ1) is 10.8. The number of carboxylic acid groups (broad SMARTS) is 1. The average Bonchev–Trinajstić information content (AvgIpc) is 3.29. The van der Waals surface area contributed by atoms with Crippen LogP contribution >= 0.6 is 0 Å². The van der Waals surface area contributed by atoms with Gasteiger partial charge in [0.25, 0.3) is 5.91 Å². The van der Waals surface area contributed by atoms with Gasteiger partial charge < -0.3 is 10.0 Å². The summed E-state index contributed by atoms with van der Waals surface area (Å²) in [4.78, 5) is 24.5. The Kier molecular flexibility index (Phi) is 5.38. The summed E-state index contributed by atoms with van der Waals surface area (Å²) in [5, 5.41) is 8.90. The molecule has 23 heavy (non-hydrogen) atoms. The van der Waals surface area contributed by atoms with Crippen molar-refractivity contribution < 1.29 is 23.1 Å². The average molecular weight is 340 g/mol. The Morgan fingerprint density at radius 2 is 2.04 bits per heavy atom. The van der Waals surface area contributed by atoms with E-state index in [1.807, 2.05) is 6.92 Å². The Balaban J connectivity index is 2.23. The van der Waals surface area contributed by atoms with Gasteiger partial charge in [-0.2, -0.15) is 0 Å². The van der Waals surface area contributed by atoms with Crippen molar-refractivity contribution in [2.24, 2.45) is 0 Å². The summed E-state index contributed by atoms with van der Waals surface area (Å²) in [5.41, 5.74) is 0.165. The van der Waals surface area contributed by atoms with E-state index in [0.717, 1.165) is 12.8 Å². The van der Waals surface area contributed by atoms with Crippen molar-refractivity contribution in [3.05, 3.63) is 29.8 Å². The van der Waals surface area contributed by atoms with Crippen LogP contribution < -0.4 is 4.72 Å². The first-order valence-electron chi connectivity index (χ1n) is 7.47. The van der Waals surface area contributed by atoms with E-state index in [-0.39, 0.29) is 16.5 Å². The number of sulfonamides is 1. The molecule has 1 amide bonds. The van der Waals surface area contributed by atoms with Crippen LogP contribution in [0.1, 0.15) is 36.5 Å². The molecule has 0 aromatic heterocycles. The number of carbonyl (C=O) groups is 2. The zero-order valence-corrected chi connectivity index (χ0v) is 13.7. The number of carbonyl (C=O) groups excluding carboxylic acids is 1. The van der Waals surface area contributed by atoms with Crippen LogP contribution in [-0.2, 0) is 14.8 Å². The van der Waals surface area contributed by atoms with Crippen molar-refractivity contribution >= 4 is 21.9 Å². The number of nitrogens with one attached hydrogen (secondary N) is 1. The summed E-state index contributed by atoms with van der Waals surface area (Å²) < 4.78 is 27.0. The van der Waals surface area contributed by atoms with Crippen molar-refractivity contribution in [1.82, 2.24) is 9.62 Å². The van der Waals surface area contributed by atoms with Gasteiger partial charge in [0.05, 0.1) is 4.90 Å². The van der Waals surface area contributed by atoms with E-state index in [2.05, 4.69) is 4.72 Å². The summed E-state index contributed by atoms with van der Waals surface area (Å²) in [7, 11) is -3.65. The van der Waals surface area contributed by atoms with Crippen molar-refractivity contribution in [3.8, 4) is 0 Å². The van der Waals surface area contributed by atoms with E-state index < -0.39 is 28.4 Å². The maximum atomic E-state index is 12.4. The molecule has 1 aromatic carbocycles. The Labute approximate surface area is 135 Å². The molecule has 1 saturated carbocycles. The molecule has 1 aliphatic carbocycles. The molecule has 0 aliphatic heterocycles. The molecular formula is C15H20N2O5S. The van der Waals surface area contributed by atoms with Crippen molar-refractivity contribution in [2.75, 3.05) is 13.1 Å². The van der Waals surface area contributed by atoms with Crippen LogP contribution in [-0.4, -0.2) is 49.4 Å². The lowest BCUT2D eigenvalue weighted by atomic mass is 10.2. The van der Waals surface area contributed by atoms with Crippen molar-refractivity contribution in [1.29, 1.82) is 0 Å². The monoisotopic (exact) mass is 340 g/mol. The molecule has 7 nitrogen and oxygen atoms in total. The second-order valence-electron chi connectivity index (χ2n) is 5.54. The van der Waals surface area contributed by atoms with Gasteiger partial charge in [-0.3, -0.25) is 9.59 Å². The summed E-state index contributed by atoms with van der Waals surface area (Å²) in [6.45, 7) is 1.72. The van der Waals surface area contributed by atoms with Gasteiger partial charge in [0.2, 0.25) is 10.0 Å². The van der Waals surface area contributed by atoms with Crippen LogP contribution in [0.25, 0.3) is 0 Å². The smallest absolute Gasteiger partial charge is 0.323 e. The zero-order valence-electron chi connectivity index (χ0n) is 12.9. The van der Waals surface area contributed by atoms with E-state index in [0.29, 0.717) is 13.0 Å². The fourth-order valence-corrected chi connectivity index (χ4v) is 3.50. The van der Waals surface area contributed by atoms with Crippen molar-refractivity contribution in [3.63, 3.8) is 0 Å². The lowest BCUT2D eigenvalue weighted by Gasteiger charge is -2.20. The largest absolute Gasteiger partial charge is 0.480 e.